The molecule has 6 heteroatoms. The average molecular weight is 394 g/mol. The van der Waals surface area contributed by atoms with Gasteiger partial charge in [0.2, 0.25) is 0 Å². The van der Waals surface area contributed by atoms with E-state index >= 15 is 0 Å². The van der Waals surface area contributed by atoms with Crippen molar-refractivity contribution >= 4 is 40.3 Å². The smallest absolute Gasteiger partial charge is 0.193 e. The molecule has 0 N–H and O–H groups in total. The molecule has 0 aliphatic heterocycles. The zero-order valence-electron chi connectivity index (χ0n) is 10.5. The molecular weight excluding hydrogens is 387 g/mol. The first kappa shape index (κ1) is 15.2. The topological polar surface area (TPSA) is 97.3 Å². The molecule has 0 spiro atoms. The van der Waals surface area contributed by atoms with E-state index in [0.29, 0.717) is 0 Å². The summed E-state index contributed by atoms with van der Waals surface area (Å²) < 4.78 is 0.105. The number of aromatic carboxylic acids is 2. The molecule has 0 aliphatic carbocycles. The normalized spacial score (nSPS) is 10.1. The van der Waals surface area contributed by atoms with Crippen LogP contribution in [0.1, 0.15) is 36.6 Å². The van der Waals surface area contributed by atoms with E-state index in [-0.39, 0.29) is 25.8 Å². The molecule has 0 aliphatic rings. The monoisotopic (exact) mass is 394 g/mol. The standard InChI is InChI=1S/C15H9IO5/c16-11-7-9(14(18)19)6-10(12(11)15(20)21)13(17)8-4-2-1-3-5-8/h1-7H,(H,18,19)(H,20,21)/p-2. The second-order valence-corrected chi connectivity index (χ2v) is 5.31. The van der Waals surface area contributed by atoms with Crippen LogP contribution in [0.3, 0.4) is 0 Å². The molecule has 0 atom stereocenters. The second-order valence-electron chi connectivity index (χ2n) is 4.15. The van der Waals surface area contributed by atoms with Gasteiger partial charge in [0.05, 0.1) is 11.9 Å². The van der Waals surface area contributed by atoms with Gasteiger partial charge in [-0.2, -0.15) is 0 Å². The van der Waals surface area contributed by atoms with E-state index in [2.05, 4.69) is 0 Å². The second kappa shape index (κ2) is 6.04. The van der Waals surface area contributed by atoms with Gasteiger partial charge in [0.15, 0.2) is 5.78 Å². The van der Waals surface area contributed by atoms with Crippen molar-refractivity contribution in [3.8, 4) is 0 Å². The van der Waals surface area contributed by atoms with Gasteiger partial charge in [-0.1, -0.05) is 30.3 Å². The molecule has 0 bridgehead atoms. The maximum absolute atomic E-state index is 12.4. The SMILES string of the molecule is O=C([O-])c1cc(I)c(C(=O)[O-])c(C(=O)c2ccccc2)c1. The Morgan fingerprint density at radius 2 is 1.48 bits per heavy atom. The number of benzene rings is 2. The number of carbonyl (C=O) groups excluding carboxylic acids is 3. The molecule has 0 aromatic heterocycles. The average Bonchev–Trinajstić information content (AvgIpc) is 2.46. The number of carboxylic acid groups (broad SMARTS) is 2. The van der Waals surface area contributed by atoms with Crippen molar-refractivity contribution in [2.24, 2.45) is 0 Å². The zero-order chi connectivity index (χ0) is 15.6. The number of hydrogen-bond donors (Lipinski definition) is 0. The van der Waals surface area contributed by atoms with Crippen LogP contribution in [-0.2, 0) is 0 Å². The first-order valence-corrected chi connectivity index (χ1v) is 6.85. The quantitative estimate of drug-likeness (QED) is 0.547. The lowest BCUT2D eigenvalue weighted by atomic mass is 9.96. The molecule has 0 amide bonds. The minimum absolute atomic E-state index is 0.105. The Balaban J connectivity index is 2.68. The largest absolute Gasteiger partial charge is 0.545 e. The minimum atomic E-state index is -1.54. The highest BCUT2D eigenvalue weighted by atomic mass is 127. The van der Waals surface area contributed by atoms with Crippen LogP contribution in [0, 0.1) is 3.57 Å². The van der Waals surface area contributed by atoms with Crippen LogP contribution in [0.15, 0.2) is 42.5 Å². The summed E-state index contributed by atoms with van der Waals surface area (Å²) >= 11 is 1.65. The van der Waals surface area contributed by atoms with E-state index < -0.39 is 17.7 Å². The van der Waals surface area contributed by atoms with Crippen LogP contribution in [0.4, 0.5) is 0 Å². The van der Waals surface area contributed by atoms with Crippen LogP contribution in [0.5, 0.6) is 0 Å². The van der Waals surface area contributed by atoms with Crippen LogP contribution < -0.4 is 10.2 Å². The summed E-state index contributed by atoms with van der Waals surface area (Å²) in [4.78, 5) is 34.6. The Morgan fingerprint density at radius 3 is 2.00 bits per heavy atom. The molecule has 106 valence electrons. The van der Waals surface area contributed by atoms with Crippen molar-refractivity contribution < 1.29 is 24.6 Å². The van der Waals surface area contributed by atoms with E-state index in [4.69, 9.17) is 0 Å². The van der Waals surface area contributed by atoms with Crippen molar-refractivity contribution in [3.05, 3.63) is 68.3 Å². The number of carbonyl (C=O) groups is 3. The highest BCUT2D eigenvalue weighted by Crippen LogP contribution is 2.22. The Labute approximate surface area is 133 Å². The lowest BCUT2D eigenvalue weighted by Crippen LogP contribution is -2.28. The highest BCUT2D eigenvalue weighted by Gasteiger charge is 2.18. The predicted octanol–water partition coefficient (Wildman–Crippen LogP) is 0.249. The zero-order valence-corrected chi connectivity index (χ0v) is 12.6. The van der Waals surface area contributed by atoms with Crippen molar-refractivity contribution in [3.63, 3.8) is 0 Å². The van der Waals surface area contributed by atoms with Gasteiger partial charge in [-0.05, 0) is 40.3 Å². The summed E-state index contributed by atoms with van der Waals surface area (Å²) in [6, 6.07) is 10.1. The lowest BCUT2D eigenvalue weighted by molar-refractivity contribution is -0.256. The molecule has 21 heavy (non-hydrogen) atoms. The summed E-state index contributed by atoms with van der Waals surface area (Å²) in [5.74, 6) is -3.61. The molecular formula is C15H7IO5-2. The number of halogens is 1. The molecule has 2 aromatic rings. The van der Waals surface area contributed by atoms with Crippen LogP contribution >= 0.6 is 22.6 Å². The summed E-state index contributed by atoms with van der Waals surface area (Å²) in [5.41, 5.74) is -0.559. The summed E-state index contributed by atoms with van der Waals surface area (Å²) in [5, 5.41) is 22.2. The van der Waals surface area contributed by atoms with Gasteiger partial charge in [-0.25, -0.2) is 0 Å². The van der Waals surface area contributed by atoms with Gasteiger partial charge in [-0.3, -0.25) is 4.79 Å². The molecule has 0 radical (unpaired) electrons. The number of rotatable bonds is 4. The Bertz CT molecular complexity index is 737. The van der Waals surface area contributed by atoms with E-state index in [0.717, 1.165) is 12.1 Å². The Morgan fingerprint density at radius 1 is 0.857 bits per heavy atom. The maximum atomic E-state index is 12.4. The molecule has 2 rings (SSSR count). The van der Waals surface area contributed by atoms with Gasteiger partial charge in [0.1, 0.15) is 0 Å². The van der Waals surface area contributed by atoms with Crippen molar-refractivity contribution in [2.75, 3.05) is 0 Å². The third-order valence-electron chi connectivity index (χ3n) is 2.81. The van der Waals surface area contributed by atoms with E-state index in [1.807, 2.05) is 0 Å². The third kappa shape index (κ3) is 3.10. The van der Waals surface area contributed by atoms with Crippen molar-refractivity contribution in [2.45, 2.75) is 0 Å². The lowest BCUT2D eigenvalue weighted by Gasteiger charge is -2.15. The van der Waals surface area contributed by atoms with E-state index in [1.165, 1.54) is 12.1 Å². The van der Waals surface area contributed by atoms with E-state index in [9.17, 15) is 24.6 Å². The summed E-state index contributed by atoms with van der Waals surface area (Å²) in [6.45, 7) is 0. The van der Waals surface area contributed by atoms with Crippen molar-refractivity contribution in [1.82, 2.24) is 0 Å². The van der Waals surface area contributed by atoms with Crippen LogP contribution in [0.25, 0.3) is 0 Å². The summed E-state index contributed by atoms with van der Waals surface area (Å²) in [7, 11) is 0. The Kier molecular flexibility index (Phi) is 4.37. The van der Waals surface area contributed by atoms with Gasteiger partial charge in [-0.15, -0.1) is 0 Å². The van der Waals surface area contributed by atoms with Gasteiger partial charge in [0, 0.05) is 20.3 Å². The molecule has 2 aromatic carbocycles. The Hall–Kier alpha value is -2.22. The molecule has 0 unspecified atom stereocenters. The first-order chi connectivity index (χ1) is 9.91. The van der Waals surface area contributed by atoms with Gasteiger partial charge >= 0.3 is 0 Å². The third-order valence-corrected chi connectivity index (χ3v) is 3.66. The van der Waals surface area contributed by atoms with Crippen molar-refractivity contribution in [1.29, 1.82) is 0 Å². The number of hydrogen-bond acceptors (Lipinski definition) is 5. The van der Waals surface area contributed by atoms with Gasteiger partial charge < -0.3 is 19.8 Å². The first-order valence-electron chi connectivity index (χ1n) is 5.77. The molecule has 0 fully saturated rings. The van der Waals surface area contributed by atoms with Gasteiger partial charge in [0.25, 0.3) is 0 Å². The van der Waals surface area contributed by atoms with E-state index in [1.54, 1.807) is 40.8 Å². The summed E-state index contributed by atoms with van der Waals surface area (Å²) in [6.07, 6.45) is 0. The van der Waals surface area contributed by atoms with Crippen LogP contribution in [0.2, 0.25) is 0 Å². The minimum Gasteiger partial charge on any atom is -0.545 e. The predicted molar refractivity (Wildman–Crippen MR) is 77.7 cm³/mol. The number of ketones is 1. The molecule has 0 heterocycles. The highest BCUT2D eigenvalue weighted by molar-refractivity contribution is 14.1. The fraction of sp³-hybridized carbons (Fsp3) is 0. The fourth-order valence-electron chi connectivity index (χ4n) is 1.86. The molecule has 0 saturated heterocycles. The molecule has 5 nitrogen and oxygen atoms in total. The number of carboxylic acids is 2. The maximum Gasteiger partial charge on any atom is 0.193 e. The fourth-order valence-corrected chi connectivity index (χ4v) is 2.70. The van der Waals surface area contributed by atoms with Crippen LogP contribution in [-0.4, -0.2) is 17.7 Å². The molecule has 0 saturated carbocycles.